The molecule has 1 unspecified atom stereocenters. The van der Waals surface area contributed by atoms with Crippen LogP contribution in [-0.4, -0.2) is 29.0 Å². The van der Waals surface area contributed by atoms with Crippen LogP contribution in [0.3, 0.4) is 0 Å². The fourth-order valence-corrected chi connectivity index (χ4v) is 4.08. The van der Waals surface area contributed by atoms with Crippen molar-refractivity contribution in [2.75, 3.05) is 6.61 Å². The van der Waals surface area contributed by atoms with E-state index in [1.54, 1.807) is 12.5 Å². The number of aromatic nitrogens is 2. The first kappa shape index (κ1) is 23.4. The van der Waals surface area contributed by atoms with Crippen molar-refractivity contribution in [1.29, 1.82) is 0 Å². The third kappa shape index (κ3) is 7.48. The quantitative estimate of drug-likeness (QED) is 0.357. The number of alkyl halides is 1. The number of rotatable bonds is 8. The molecule has 3 nitrogen and oxygen atoms in total. The molecule has 0 spiro atoms. The van der Waals surface area contributed by atoms with E-state index >= 15 is 0 Å². The molecular formula is C24H32BBrN2O. The van der Waals surface area contributed by atoms with Crippen LogP contribution < -0.4 is 10.9 Å². The maximum Gasteiger partial charge on any atom is 0.212 e. The molecule has 2 aromatic carbocycles. The van der Waals surface area contributed by atoms with Crippen molar-refractivity contribution in [3.63, 3.8) is 0 Å². The smallest absolute Gasteiger partial charge is 0.212 e. The normalized spacial score (nSPS) is 11.7. The Labute approximate surface area is 184 Å². The largest absolute Gasteiger partial charge is 0.377 e. The molecule has 1 aromatic heterocycles. The number of hydrogen-bond acceptors (Lipinski definition) is 2. The highest BCUT2D eigenvalue weighted by Crippen LogP contribution is 2.12. The van der Waals surface area contributed by atoms with Crippen molar-refractivity contribution in [1.82, 2.24) is 9.55 Å². The molecule has 0 aliphatic rings. The summed E-state index contributed by atoms with van der Waals surface area (Å²) < 4.78 is 7.38. The van der Waals surface area contributed by atoms with Crippen LogP contribution in [0.2, 0.25) is 5.82 Å². The van der Waals surface area contributed by atoms with Crippen molar-refractivity contribution >= 4 is 33.6 Å². The van der Waals surface area contributed by atoms with Gasteiger partial charge in [0, 0.05) is 30.9 Å². The van der Waals surface area contributed by atoms with Gasteiger partial charge in [0.25, 0.3) is 0 Å². The van der Waals surface area contributed by atoms with E-state index < -0.39 is 0 Å². The maximum absolute atomic E-state index is 5.37. The first-order chi connectivity index (χ1) is 14.1. The topological polar surface area (TPSA) is 27.1 Å². The highest BCUT2D eigenvalue weighted by molar-refractivity contribution is 9.08. The lowest BCUT2D eigenvalue weighted by atomic mass is 9.34. The van der Waals surface area contributed by atoms with Crippen LogP contribution in [0.15, 0.2) is 73.3 Å². The van der Waals surface area contributed by atoms with Crippen LogP contribution in [0.25, 0.3) is 0 Å². The lowest BCUT2D eigenvalue weighted by Gasteiger charge is -2.21. The summed E-state index contributed by atoms with van der Waals surface area (Å²) in [5.41, 5.74) is 4.23. The Hall–Kier alpha value is -1.85. The van der Waals surface area contributed by atoms with Crippen LogP contribution in [0.4, 0.5) is 0 Å². The summed E-state index contributed by atoms with van der Waals surface area (Å²) in [4.78, 5) is 3.94. The fourth-order valence-electron chi connectivity index (χ4n) is 3.57. The predicted molar refractivity (Wildman–Crippen MR) is 129 cm³/mol. The van der Waals surface area contributed by atoms with Gasteiger partial charge in [-0.3, -0.25) is 0 Å². The van der Waals surface area contributed by atoms with Crippen molar-refractivity contribution in [3.05, 3.63) is 78.9 Å². The molecule has 0 amide bonds. The van der Waals surface area contributed by atoms with Crippen LogP contribution in [0.1, 0.15) is 33.3 Å². The Balaban J connectivity index is 0.000000234. The van der Waals surface area contributed by atoms with Crippen LogP contribution in [0.5, 0.6) is 0 Å². The van der Waals surface area contributed by atoms with E-state index in [0.717, 1.165) is 18.5 Å². The fraction of sp³-hybridized carbons (Fsp3) is 0.375. The van der Waals surface area contributed by atoms with E-state index in [1.807, 2.05) is 17.7 Å². The van der Waals surface area contributed by atoms with Gasteiger partial charge in [0.15, 0.2) is 0 Å². The Bertz CT molecular complexity index is 809. The zero-order chi connectivity index (χ0) is 21.1. The minimum atomic E-state index is 0.272. The van der Waals surface area contributed by atoms with Gasteiger partial charge in [0.2, 0.25) is 6.71 Å². The van der Waals surface area contributed by atoms with Crippen LogP contribution >= 0.6 is 15.9 Å². The zero-order valence-electron chi connectivity index (χ0n) is 18.0. The Kier molecular flexibility index (Phi) is 10.2. The summed E-state index contributed by atoms with van der Waals surface area (Å²) in [7, 11) is 0. The monoisotopic (exact) mass is 454 g/mol. The summed E-state index contributed by atoms with van der Waals surface area (Å²) in [5, 5.41) is 0.916. The molecule has 3 aromatic rings. The average Bonchev–Trinajstić information content (AvgIpc) is 3.23. The minimum Gasteiger partial charge on any atom is -0.377 e. The SMILES string of the molecule is CC(C)B(c1ccccc1)c1ccccc1CBr.CCOC(C)Cn1ccnc1. The molecule has 0 radical (unpaired) electrons. The second-order valence-electron chi connectivity index (χ2n) is 7.49. The lowest BCUT2D eigenvalue weighted by Crippen LogP contribution is -2.46. The first-order valence-corrected chi connectivity index (χ1v) is 11.4. The highest BCUT2D eigenvalue weighted by atomic mass is 79.9. The first-order valence-electron chi connectivity index (χ1n) is 10.3. The molecule has 0 aliphatic carbocycles. The van der Waals surface area contributed by atoms with E-state index in [1.165, 1.54) is 16.5 Å². The third-order valence-corrected chi connectivity index (χ3v) is 5.44. The molecule has 154 valence electrons. The molecule has 5 heteroatoms. The third-order valence-electron chi connectivity index (χ3n) is 4.84. The molecule has 0 aliphatic heterocycles. The molecule has 0 N–H and O–H groups in total. The molecule has 0 fully saturated rings. The van der Waals surface area contributed by atoms with Crippen LogP contribution in [-0.2, 0) is 16.6 Å². The molecule has 0 bridgehead atoms. The van der Waals surface area contributed by atoms with Gasteiger partial charge in [-0.25, -0.2) is 4.98 Å². The molecule has 1 atom stereocenters. The van der Waals surface area contributed by atoms with Gasteiger partial charge in [0.1, 0.15) is 0 Å². The van der Waals surface area contributed by atoms with Gasteiger partial charge in [0.05, 0.1) is 12.4 Å². The second kappa shape index (κ2) is 12.7. The van der Waals surface area contributed by atoms with Crippen molar-refractivity contribution in [2.45, 2.75) is 51.5 Å². The number of nitrogens with zero attached hydrogens (tertiary/aromatic N) is 2. The van der Waals surface area contributed by atoms with Gasteiger partial charge in [-0.1, -0.05) is 101 Å². The number of ether oxygens (including phenoxy) is 1. The van der Waals surface area contributed by atoms with E-state index in [0.29, 0.717) is 12.5 Å². The van der Waals surface area contributed by atoms with Crippen LogP contribution in [0, 0.1) is 0 Å². The Morgan fingerprint density at radius 1 is 1.03 bits per heavy atom. The highest BCUT2D eigenvalue weighted by Gasteiger charge is 2.24. The molecule has 0 saturated carbocycles. The van der Waals surface area contributed by atoms with Gasteiger partial charge < -0.3 is 9.30 Å². The predicted octanol–water partition coefficient (Wildman–Crippen LogP) is 4.91. The molecule has 3 rings (SSSR count). The van der Waals surface area contributed by atoms with Gasteiger partial charge in [-0.2, -0.15) is 0 Å². The summed E-state index contributed by atoms with van der Waals surface area (Å²) >= 11 is 3.60. The average molecular weight is 455 g/mol. The molecular weight excluding hydrogens is 423 g/mol. The molecule has 29 heavy (non-hydrogen) atoms. The zero-order valence-corrected chi connectivity index (χ0v) is 19.5. The second-order valence-corrected chi connectivity index (χ2v) is 8.05. The Morgan fingerprint density at radius 2 is 1.72 bits per heavy atom. The van der Waals surface area contributed by atoms with E-state index in [2.05, 4.69) is 96.3 Å². The van der Waals surface area contributed by atoms with Crippen molar-refractivity contribution in [3.8, 4) is 0 Å². The number of imidazole rings is 1. The molecule has 0 saturated heterocycles. The number of hydrogen-bond donors (Lipinski definition) is 0. The lowest BCUT2D eigenvalue weighted by molar-refractivity contribution is 0.0640. The minimum absolute atomic E-state index is 0.272. The van der Waals surface area contributed by atoms with Gasteiger partial charge in [-0.05, 0) is 19.4 Å². The van der Waals surface area contributed by atoms with E-state index in [4.69, 9.17) is 4.74 Å². The molecule has 1 heterocycles. The van der Waals surface area contributed by atoms with E-state index in [-0.39, 0.29) is 6.10 Å². The summed E-state index contributed by atoms with van der Waals surface area (Å²) in [6.07, 6.45) is 5.79. The summed E-state index contributed by atoms with van der Waals surface area (Å²) in [5.74, 6) is 0.590. The maximum atomic E-state index is 5.37. The number of benzene rings is 2. The number of halogens is 1. The van der Waals surface area contributed by atoms with Crippen molar-refractivity contribution < 1.29 is 4.74 Å². The van der Waals surface area contributed by atoms with Gasteiger partial charge in [-0.15, -0.1) is 0 Å². The van der Waals surface area contributed by atoms with E-state index in [9.17, 15) is 0 Å². The summed E-state index contributed by atoms with van der Waals surface area (Å²) in [6.45, 7) is 10.8. The summed E-state index contributed by atoms with van der Waals surface area (Å²) in [6, 6.07) is 19.5. The standard InChI is InChI=1S/C16H18BBr.C8H14N2O/c1-13(2)17(15-9-4-3-5-10-15)16-11-7-6-8-14(16)12-18;1-3-11-8(2)6-10-5-4-9-7-10/h3-11,13H,12H2,1-2H3;4-5,7-8H,3,6H2,1-2H3. The Morgan fingerprint density at radius 3 is 2.31 bits per heavy atom. The van der Waals surface area contributed by atoms with Gasteiger partial charge >= 0.3 is 0 Å². The van der Waals surface area contributed by atoms with Crippen molar-refractivity contribution in [2.24, 2.45) is 0 Å².